The van der Waals surface area contributed by atoms with Crippen molar-refractivity contribution < 1.29 is 14.4 Å². The number of aryl methyl sites for hydroxylation is 2. The average molecular weight is 332 g/mol. The highest BCUT2D eigenvalue weighted by Crippen LogP contribution is 2.27. The van der Waals surface area contributed by atoms with Gasteiger partial charge in [0.2, 0.25) is 0 Å². The molecule has 1 N–H and O–H groups in total. The Kier molecular flexibility index (Phi) is 5.40. The number of amides is 1. The molecule has 23 heavy (non-hydrogen) atoms. The minimum absolute atomic E-state index is 0.362. The fourth-order valence-corrected chi connectivity index (χ4v) is 2.71. The van der Waals surface area contributed by atoms with Gasteiger partial charge in [0.25, 0.3) is 5.91 Å². The molecule has 0 atom stereocenters. The predicted molar refractivity (Wildman–Crippen MR) is 89.6 cm³/mol. The van der Waals surface area contributed by atoms with E-state index in [1.54, 1.807) is 37.3 Å². The van der Waals surface area contributed by atoms with Gasteiger partial charge in [-0.1, -0.05) is 42.8 Å². The van der Waals surface area contributed by atoms with Crippen LogP contribution in [0.25, 0.3) is 0 Å². The van der Waals surface area contributed by atoms with Crippen LogP contribution in [-0.4, -0.2) is 11.9 Å². The molecule has 2 rings (SSSR count). The third kappa shape index (κ3) is 3.71. The number of benzene rings is 2. The van der Waals surface area contributed by atoms with Crippen LogP contribution in [0.5, 0.6) is 0 Å². The van der Waals surface area contributed by atoms with Crippen molar-refractivity contribution in [2.24, 2.45) is 0 Å². The number of nitrogens with one attached hydrogen (secondary N) is 1. The molecule has 0 aliphatic heterocycles. The molecule has 0 fully saturated rings. The van der Waals surface area contributed by atoms with E-state index >= 15 is 0 Å². The van der Waals surface area contributed by atoms with Gasteiger partial charge in [0.1, 0.15) is 0 Å². The van der Waals surface area contributed by atoms with Crippen LogP contribution < -0.4 is 5.48 Å². The van der Waals surface area contributed by atoms with Gasteiger partial charge in [-0.3, -0.25) is 4.79 Å². The number of hydrogen-bond donors (Lipinski definition) is 1. The first-order valence-electron chi connectivity index (χ1n) is 7.30. The summed E-state index contributed by atoms with van der Waals surface area (Å²) in [7, 11) is 0. The minimum atomic E-state index is -0.620. The molecule has 5 heteroatoms. The van der Waals surface area contributed by atoms with Crippen molar-refractivity contribution in [2.45, 2.75) is 27.2 Å². The van der Waals surface area contributed by atoms with Gasteiger partial charge in [0.15, 0.2) is 0 Å². The first-order chi connectivity index (χ1) is 11.0. The predicted octanol–water partition coefficient (Wildman–Crippen LogP) is 4.02. The van der Waals surface area contributed by atoms with Crippen molar-refractivity contribution in [2.75, 3.05) is 0 Å². The standard InChI is InChI=1S/C18H18ClNO3/c1-4-13-10-11(2)15(12(3)16(13)19)17(21)20-23-18(22)14-8-6-5-7-9-14/h5-10H,4H2,1-3H3,(H,20,21). The van der Waals surface area contributed by atoms with E-state index in [4.69, 9.17) is 16.4 Å². The van der Waals surface area contributed by atoms with Crippen LogP contribution in [0.4, 0.5) is 0 Å². The Morgan fingerprint density at radius 3 is 2.43 bits per heavy atom. The molecule has 0 radical (unpaired) electrons. The van der Waals surface area contributed by atoms with Crippen molar-refractivity contribution in [3.8, 4) is 0 Å². The topological polar surface area (TPSA) is 55.4 Å². The van der Waals surface area contributed by atoms with E-state index in [1.807, 2.05) is 19.9 Å². The Morgan fingerprint density at radius 2 is 1.83 bits per heavy atom. The zero-order valence-corrected chi connectivity index (χ0v) is 14.0. The zero-order chi connectivity index (χ0) is 17.0. The molecule has 2 aromatic carbocycles. The molecule has 0 aromatic heterocycles. The van der Waals surface area contributed by atoms with Crippen molar-refractivity contribution in [1.29, 1.82) is 0 Å². The van der Waals surface area contributed by atoms with Gasteiger partial charge in [-0.25, -0.2) is 4.79 Å². The Labute approximate surface area is 140 Å². The van der Waals surface area contributed by atoms with Crippen molar-refractivity contribution in [3.05, 3.63) is 69.2 Å². The summed E-state index contributed by atoms with van der Waals surface area (Å²) in [6.07, 6.45) is 0.783. The maximum absolute atomic E-state index is 12.3. The summed E-state index contributed by atoms with van der Waals surface area (Å²) in [5.74, 6) is -1.11. The van der Waals surface area contributed by atoms with Gasteiger partial charge in [0, 0.05) is 10.6 Å². The quantitative estimate of drug-likeness (QED) is 0.864. The molecule has 120 valence electrons. The maximum Gasteiger partial charge on any atom is 0.362 e. The van der Waals surface area contributed by atoms with Crippen LogP contribution >= 0.6 is 11.6 Å². The lowest BCUT2D eigenvalue weighted by atomic mass is 9.97. The molecular weight excluding hydrogens is 314 g/mol. The van der Waals surface area contributed by atoms with Crippen LogP contribution in [0.1, 0.15) is 44.3 Å². The van der Waals surface area contributed by atoms with Gasteiger partial charge in [-0.05, 0) is 49.1 Å². The van der Waals surface area contributed by atoms with E-state index in [-0.39, 0.29) is 0 Å². The van der Waals surface area contributed by atoms with Crippen molar-refractivity contribution in [3.63, 3.8) is 0 Å². The zero-order valence-electron chi connectivity index (χ0n) is 13.3. The smallest absolute Gasteiger partial charge is 0.335 e. The maximum atomic E-state index is 12.3. The van der Waals surface area contributed by atoms with Crippen molar-refractivity contribution >= 4 is 23.5 Å². The normalized spacial score (nSPS) is 10.3. The van der Waals surface area contributed by atoms with Crippen LogP contribution in [0.2, 0.25) is 5.02 Å². The molecule has 2 aromatic rings. The Morgan fingerprint density at radius 1 is 1.17 bits per heavy atom. The molecule has 0 spiro atoms. The Bertz CT molecular complexity index is 742. The molecule has 0 heterocycles. The highest BCUT2D eigenvalue weighted by atomic mass is 35.5. The average Bonchev–Trinajstić information content (AvgIpc) is 2.56. The third-order valence-electron chi connectivity index (χ3n) is 3.63. The molecule has 4 nitrogen and oxygen atoms in total. The second-order valence-electron chi connectivity index (χ2n) is 5.21. The summed E-state index contributed by atoms with van der Waals surface area (Å²) in [4.78, 5) is 29.1. The molecule has 0 saturated carbocycles. The third-order valence-corrected chi connectivity index (χ3v) is 4.15. The fourth-order valence-electron chi connectivity index (χ4n) is 2.43. The first-order valence-corrected chi connectivity index (χ1v) is 7.68. The SMILES string of the molecule is CCc1cc(C)c(C(=O)NOC(=O)c2ccccc2)c(C)c1Cl. The van der Waals surface area contributed by atoms with Gasteiger partial charge in [-0.2, -0.15) is 5.48 Å². The molecule has 0 aliphatic carbocycles. The summed E-state index contributed by atoms with van der Waals surface area (Å²) < 4.78 is 0. The Hall–Kier alpha value is -2.33. The highest BCUT2D eigenvalue weighted by molar-refractivity contribution is 6.32. The second-order valence-corrected chi connectivity index (χ2v) is 5.58. The summed E-state index contributed by atoms with van der Waals surface area (Å²) >= 11 is 6.29. The van der Waals surface area contributed by atoms with E-state index in [0.717, 1.165) is 17.5 Å². The molecule has 0 saturated heterocycles. The van der Waals surface area contributed by atoms with Gasteiger partial charge in [-0.15, -0.1) is 0 Å². The van der Waals surface area contributed by atoms with E-state index in [0.29, 0.717) is 21.7 Å². The molecule has 0 unspecified atom stereocenters. The van der Waals surface area contributed by atoms with Crippen LogP contribution in [-0.2, 0) is 11.3 Å². The highest BCUT2D eigenvalue weighted by Gasteiger charge is 2.18. The van der Waals surface area contributed by atoms with E-state index in [9.17, 15) is 9.59 Å². The number of halogens is 1. The van der Waals surface area contributed by atoms with Gasteiger partial charge >= 0.3 is 5.97 Å². The largest absolute Gasteiger partial charge is 0.362 e. The van der Waals surface area contributed by atoms with E-state index in [2.05, 4.69) is 5.48 Å². The number of rotatable bonds is 3. The summed E-state index contributed by atoms with van der Waals surface area (Å²) in [6, 6.07) is 10.3. The number of hydroxylamine groups is 1. The summed E-state index contributed by atoms with van der Waals surface area (Å²) in [5, 5.41) is 0.567. The van der Waals surface area contributed by atoms with E-state index in [1.165, 1.54) is 0 Å². The molecular formula is C18H18ClNO3. The van der Waals surface area contributed by atoms with Crippen LogP contribution in [0.3, 0.4) is 0 Å². The van der Waals surface area contributed by atoms with Crippen LogP contribution in [0.15, 0.2) is 36.4 Å². The number of carbonyl (C=O) groups is 2. The van der Waals surface area contributed by atoms with Crippen LogP contribution in [0, 0.1) is 13.8 Å². The van der Waals surface area contributed by atoms with Crippen molar-refractivity contribution in [1.82, 2.24) is 5.48 Å². The van der Waals surface area contributed by atoms with E-state index < -0.39 is 11.9 Å². The first kappa shape index (κ1) is 17.0. The lowest BCUT2D eigenvalue weighted by Gasteiger charge is -2.14. The molecule has 1 amide bonds. The second kappa shape index (κ2) is 7.29. The monoisotopic (exact) mass is 331 g/mol. The lowest BCUT2D eigenvalue weighted by Crippen LogP contribution is -2.28. The number of hydrogen-bond acceptors (Lipinski definition) is 3. The summed E-state index contributed by atoms with van der Waals surface area (Å²) in [6.45, 7) is 5.61. The van der Waals surface area contributed by atoms with Gasteiger partial charge in [0.05, 0.1) is 5.56 Å². The number of carbonyl (C=O) groups excluding carboxylic acids is 2. The van der Waals surface area contributed by atoms with Gasteiger partial charge < -0.3 is 4.84 Å². The Balaban J connectivity index is 2.16. The molecule has 0 bridgehead atoms. The fraction of sp³-hybridized carbons (Fsp3) is 0.222. The lowest BCUT2D eigenvalue weighted by molar-refractivity contribution is 0.0229. The molecule has 0 aliphatic rings. The minimum Gasteiger partial charge on any atom is -0.335 e. The summed E-state index contributed by atoms with van der Waals surface area (Å²) in [5.41, 5.74) is 5.43.